The standard InChI is InChI=1S/C10H13F5O2/c1-3-4-16-6-7-5-9(11,12)8(2,17-7)10(13,14)15/h3,7H,1,4-6H2,2H3. The summed E-state index contributed by atoms with van der Waals surface area (Å²) in [6.45, 7) is 3.45. The van der Waals surface area contributed by atoms with Gasteiger partial charge in [-0.05, 0) is 6.92 Å². The van der Waals surface area contributed by atoms with Crippen LogP contribution in [-0.2, 0) is 9.47 Å². The normalized spacial score (nSPS) is 32.7. The Labute approximate surface area is 95.4 Å². The van der Waals surface area contributed by atoms with Gasteiger partial charge >= 0.3 is 6.18 Å². The van der Waals surface area contributed by atoms with Gasteiger partial charge in [0.15, 0.2) is 0 Å². The molecule has 0 aromatic heterocycles. The van der Waals surface area contributed by atoms with Crippen molar-refractivity contribution in [2.75, 3.05) is 13.2 Å². The van der Waals surface area contributed by atoms with Crippen molar-refractivity contribution < 1.29 is 31.4 Å². The number of halogens is 5. The topological polar surface area (TPSA) is 18.5 Å². The van der Waals surface area contributed by atoms with Gasteiger partial charge in [-0.2, -0.15) is 13.2 Å². The minimum Gasteiger partial charge on any atom is -0.375 e. The van der Waals surface area contributed by atoms with Crippen molar-refractivity contribution in [1.29, 1.82) is 0 Å². The van der Waals surface area contributed by atoms with Crippen LogP contribution in [0.2, 0.25) is 0 Å². The molecule has 2 atom stereocenters. The van der Waals surface area contributed by atoms with Crippen molar-refractivity contribution in [3.8, 4) is 0 Å². The maximum absolute atomic E-state index is 13.3. The Morgan fingerprint density at radius 2 is 2.06 bits per heavy atom. The van der Waals surface area contributed by atoms with Gasteiger partial charge in [-0.3, -0.25) is 0 Å². The van der Waals surface area contributed by atoms with Crippen LogP contribution >= 0.6 is 0 Å². The molecule has 0 aliphatic carbocycles. The van der Waals surface area contributed by atoms with E-state index in [1.54, 1.807) is 0 Å². The molecule has 1 rings (SSSR count). The van der Waals surface area contributed by atoms with Crippen LogP contribution in [0.5, 0.6) is 0 Å². The molecule has 1 aliphatic heterocycles. The Hall–Kier alpha value is -0.690. The molecule has 1 fully saturated rings. The summed E-state index contributed by atoms with van der Waals surface area (Å²) in [4.78, 5) is 0. The van der Waals surface area contributed by atoms with Crippen molar-refractivity contribution in [2.45, 2.75) is 37.1 Å². The highest BCUT2D eigenvalue weighted by molar-refractivity contribution is 5.04. The SMILES string of the molecule is C=CCOCC1CC(F)(F)C(C)(C(F)(F)F)O1. The Balaban J connectivity index is 2.73. The maximum atomic E-state index is 13.3. The van der Waals surface area contributed by atoms with Crippen molar-refractivity contribution >= 4 is 0 Å². The van der Waals surface area contributed by atoms with Crippen LogP contribution < -0.4 is 0 Å². The summed E-state index contributed by atoms with van der Waals surface area (Å²) in [6, 6.07) is 0. The first-order valence-electron chi connectivity index (χ1n) is 4.95. The quantitative estimate of drug-likeness (QED) is 0.439. The third-order valence-electron chi connectivity index (χ3n) is 2.66. The molecule has 0 spiro atoms. The molecule has 0 radical (unpaired) electrons. The highest BCUT2D eigenvalue weighted by Gasteiger charge is 2.72. The summed E-state index contributed by atoms with van der Waals surface area (Å²) in [5, 5.41) is 0. The number of hydrogen-bond donors (Lipinski definition) is 0. The molecule has 0 amide bonds. The van der Waals surface area contributed by atoms with Crippen LogP contribution in [0, 0.1) is 0 Å². The molecule has 0 N–H and O–H groups in total. The summed E-state index contributed by atoms with van der Waals surface area (Å²) in [5.74, 6) is -3.95. The van der Waals surface area contributed by atoms with Crippen molar-refractivity contribution in [1.82, 2.24) is 0 Å². The van der Waals surface area contributed by atoms with E-state index in [0.29, 0.717) is 6.92 Å². The lowest BCUT2D eigenvalue weighted by atomic mass is 9.97. The molecule has 1 aliphatic rings. The molecule has 0 saturated carbocycles. The second kappa shape index (κ2) is 4.53. The first-order valence-corrected chi connectivity index (χ1v) is 4.95. The fraction of sp³-hybridized carbons (Fsp3) is 0.800. The van der Waals surface area contributed by atoms with E-state index in [2.05, 4.69) is 11.3 Å². The van der Waals surface area contributed by atoms with Gasteiger partial charge in [-0.25, -0.2) is 8.78 Å². The highest BCUT2D eigenvalue weighted by atomic mass is 19.4. The Morgan fingerprint density at radius 3 is 2.47 bits per heavy atom. The summed E-state index contributed by atoms with van der Waals surface area (Å²) in [6.07, 6.45) is -6.02. The van der Waals surface area contributed by atoms with Gasteiger partial charge in [0.05, 0.1) is 19.3 Å². The number of rotatable bonds is 4. The van der Waals surface area contributed by atoms with Crippen LogP contribution in [0.1, 0.15) is 13.3 Å². The molecular weight excluding hydrogens is 247 g/mol. The molecule has 100 valence electrons. The molecule has 2 unspecified atom stereocenters. The summed E-state index contributed by atoms with van der Waals surface area (Å²) in [7, 11) is 0. The Bertz CT molecular complexity index is 289. The van der Waals surface area contributed by atoms with Crippen molar-refractivity contribution in [2.24, 2.45) is 0 Å². The predicted molar refractivity (Wildman–Crippen MR) is 49.9 cm³/mol. The second-order valence-electron chi connectivity index (χ2n) is 4.01. The molecule has 0 aromatic rings. The summed E-state index contributed by atoms with van der Waals surface area (Å²) >= 11 is 0. The fourth-order valence-electron chi connectivity index (χ4n) is 1.59. The van der Waals surface area contributed by atoms with Crippen molar-refractivity contribution in [3.05, 3.63) is 12.7 Å². The van der Waals surface area contributed by atoms with Crippen molar-refractivity contribution in [3.63, 3.8) is 0 Å². The van der Waals surface area contributed by atoms with Gasteiger partial charge < -0.3 is 9.47 Å². The van der Waals surface area contributed by atoms with Gasteiger partial charge in [-0.15, -0.1) is 6.58 Å². The molecule has 17 heavy (non-hydrogen) atoms. The zero-order valence-corrected chi connectivity index (χ0v) is 9.19. The van der Waals surface area contributed by atoms with Crippen LogP contribution in [0.25, 0.3) is 0 Å². The average Bonchev–Trinajstić information content (AvgIpc) is 2.37. The lowest BCUT2D eigenvalue weighted by Crippen LogP contribution is -2.54. The molecule has 1 saturated heterocycles. The Kier molecular flexibility index (Phi) is 3.83. The van der Waals surface area contributed by atoms with E-state index in [9.17, 15) is 22.0 Å². The van der Waals surface area contributed by atoms with Gasteiger partial charge in [0.25, 0.3) is 5.92 Å². The van der Waals surface area contributed by atoms with E-state index in [1.165, 1.54) is 6.08 Å². The average molecular weight is 260 g/mol. The highest BCUT2D eigenvalue weighted by Crippen LogP contribution is 2.52. The zero-order valence-electron chi connectivity index (χ0n) is 9.19. The summed E-state index contributed by atoms with van der Waals surface area (Å²) in [5.41, 5.74) is -3.44. The zero-order chi connectivity index (χ0) is 13.3. The minimum absolute atomic E-state index is 0.0775. The second-order valence-corrected chi connectivity index (χ2v) is 4.01. The van der Waals surface area contributed by atoms with E-state index in [1.807, 2.05) is 0 Å². The minimum atomic E-state index is -5.12. The lowest BCUT2D eigenvalue weighted by Gasteiger charge is -2.31. The maximum Gasteiger partial charge on any atom is 0.423 e. The van der Waals surface area contributed by atoms with E-state index >= 15 is 0 Å². The monoisotopic (exact) mass is 260 g/mol. The van der Waals surface area contributed by atoms with Crippen LogP contribution in [0.4, 0.5) is 22.0 Å². The predicted octanol–water partition coefficient (Wildman–Crippen LogP) is 2.93. The summed E-state index contributed by atoms with van der Waals surface area (Å²) < 4.78 is 73.5. The largest absolute Gasteiger partial charge is 0.423 e. The third kappa shape index (κ3) is 2.60. The molecule has 2 nitrogen and oxygen atoms in total. The van der Waals surface area contributed by atoms with Gasteiger partial charge in [0.1, 0.15) is 0 Å². The molecule has 0 aromatic carbocycles. The van der Waals surface area contributed by atoms with E-state index in [-0.39, 0.29) is 13.2 Å². The van der Waals surface area contributed by atoms with Crippen LogP contribution in [-0.4, -0.2) is 37.0 Å². The van der Waals surface area contributed by atoms with Gasteiger partial charge in [-0.1, -0.05) is 6.08 Å². The molecular formula is C10H13F5O2. The lowest BCUT2D eigenvalue weighted by molar-refractivity contribution is -0.314. The fourth-order valence-corrected chi connectivity index (χ4v) is 1.59. The van der Waals surface area contributed by atoms with E-state index in [0.717, 1.165) is 0 Å². The molecule has 7 heteroatoms. The van der Waals surface area contributed by atoms with E-state index in [4.69, 9.17) is 4.74 Å². The number of hydrogen-bond acceptors (Lipinski definition) is 2. The first-order chi connectivity index (χ1) is 7.64. The van der Waals surface area contributed by atoms with Crippen LogP contribution in [0.15, 0.2) is 12.7 Å². The number of alkyl halides is 5. The third-order valence-corrected chi connectivity index (χ3v) is 2.66. The van der Waals surface area contributed by atoms with Gasteiger partial charge in [0, 0.05) is 6.42 Å². The molecule has 1 heterocycles. The van der Waals surface area contributed by atoms with E-state index < -0.39 is 30.2 Å². The van der Waals surface area contributed by atoms with Gasteiger partial charge in [0.2, 0.25) is 5.60 Å². The number of ether oxygens (including phenoxy) is 2. The molecule has 0 bridgehead atoms. The first kappa shape index (κ1) is 14.4. The Morgan fingerprint density at radius 1 is 1.47 bits per heavy atom. The van der Waals surface area contributed by atoms with Crippen LogP contribution in [0.3, 0.4) is 0 Å². The smallest absolute Gasteiger partial charge is 0.375 e.